The van der Waals surface area contributed by atoms with Crippen LogP contribution in [0, 0.1) is 22.0 Å². The molecule has 21 heavy (non-hydrogen) atoms. The second kappa shape index (κ2) is 5.90. The summed E-state index contributed by atoms with van der Waals surface area (Å²) in [6.45, 7) is 1.99. The van der Waals surface area contributed by atoms with Crippen molar-refractivity contribution in [2.45, 2.75) is 26.2 Å². The predicted molar refractivity (Wildman–Crippen MR) is 75.2 cm³/mol. The fourth-order valence-corrected chi connectivity index (χ4v) is 2.69. The molecule has 2 atom stereocenters. The molecule has 2 rings (SSSR count). The Balaban J connectivity index is 2.25. The lowest BCUT2D eigenvalue weighted by Crippen LogP contribution is -2.25. The molecule has 1 aromatic rings. The van der Waals surface area contributed by atoms with E-state index in [9.17, 15) is 19.7 Å². The molecule has 0 heterocycles. The summed E-state index contributed by atoms with van der Waals surface area (Å²) in [5.74, 6) is -1.41. The van der Waals surface area contributed by atoms with Crippen LogP contribution in [-0.2, 0) is 4.79 Å². The van der Waals surface area contributed by atoms with Crippen molar-refractivity contribution in [1.82, 2.24) is 0 Å². The van der Waals surface area contributed by atoms with Crippen LogP contribution in [0.15, 0.2) is 18.2 Å². The van der Waals surface area contributed by atoms with E-state index >= 15 is 0 Å². The van der Waals surface area contributed by atoms with Crippen LogP contribution in [0.4, 0.5) is 11.4 Å². The number of non-ortho nitro benzene ring substituents is 1. The minimum atomic E-state index is -1.31. The molecule has 1 saturated carbocycles. The van der Waals surface area contributed by atoms with E-state index in [0.29, 0.717) is 0 Å². The zero-order chi connectivity index (χ0) is 15.6. The number of carbonyl (C=O) groups excluding carboxylic acids is 1. The minimum Gasteiger partial charge on any atom is -0.478 e. The van der Waals surface area contributed by atoms with Gasteiger partial charge in [0.15, 0.2) is 0 Å². The summed E-state index contributed by atoms with van der Waals surface area (Å²) in [5.41, 5.74) is -0.500. The highest BCUT2D eigenvalue weighted by Crippen LogP contribution is 2.32. The zero-order valence-corrected chi connectivity index (χ0v) is 11.5. The molecular formula is C14H16N2O5. The van der Waals surface area contributed by atoms with Gasteiger partial charge in [-0.25, -0.2) is 4.79 Å². The molecule has 1 amide bonds. The molecule has 1 aliphatic rings. The van der Waals surface area contributed by atoms with E-state index < -0.39 is 10.9 Å². The van der Waals surface area contributed by atoms with E-state index in [1.54, 1.807) is 0 Å². The molecule has 7 nitrogen and oxygen atoms in total. The molecule has 112 valence electrons. The lowest BCUT2D eigenvalue weighted by molar-refractivity contribution is -0.384. The normalized spacial score (nSPS) is 21.0. The Kier molecular flexibility index (Phi) is 4.21. The summed E-state index contributed by atoms with van der Waals surface area (Å²) in [4.78, 5) is 33.4. The molecule has 0 aromatic heterocycles. The number of anilines is 1. The van der Waals surface area contributed by atoms with Gasteiger partial charge in [0.1, 0.15) is 0 Å². The first kappa shape index (κ1) is 15.0. The number of nitro groups is 1. The lowest BCUT2D eigenvalue weighted by Gasteiger charge is -2.16. The molecule has 1 fully saturated rings. The maximum atomic E-state index is 12.2. The molecule has 7 heteroatoms. The van der Waals surface area contributed by atoms with Crippen molar-refractivity contribution in [1.29, 1.82) is 0 Å². The van der Waals surface area contributed by atoms with Gasteiger partial charge >= 0.3 is 5.97 Å². The summed E-state index contributed by atoms with van der Waals surface area (Å²) in [6, 6.07) is 3.40. The second-order valence-electron chi connectivity index (χ2n) is 5.30. The van der Waals surface area contributed by atoms with Gasteiger partial charge in [0.2, 0.25) is 5.91 Å². The number of hydrogen-bond acceptors (Lipinski definition) is 4. The van der Waals surface area contributed by atoms with Crippen LogP contribution >= 0.6 is 0 Å². The molecule has 0 radical (unpaired) electrons. The largest absolute Gasteiger partial charge is 0.478 e. The fourth-order valence-electron chi connectivity index (χ4n) is 2.69. The van der Waals surface area contributed by atoms with E-state index in [1.807, 2.05) is 6.92 Å². The van der Waals surface area contributed by atoms with Gasteiger partial charge in [0, 0.05) is 18.1 Å². The number of hydrogen-bond donors (Lipinski definition) is 2. The van der Waals surface area contributed by atoms with E-state index in [1.165, 1.54) is 12.1 Å². The summed E-state index contributed by atoms with van der Waals surface area (Å²) < 4.78 is 0. The molecule has 1 aliphatic carbocycles. The number of nitrogens with one attached hydrogen (secondary N) is 1. The van der Waals surface area contributed by atoms with Crippen LogP contribution in [0.2, 0.25) is 0 Å². The average Bonchev–Trinajstić information content (AvgIpc) is 2.85. The van der Waals surface area contributed by atoms with Crippen molar-refractivity contribution < 1.29 is 19.6 Å². The maximum absolute atomic E-state index is 12.2. The van der Waals surface area contributed by atoms with E-state index in [4.69, 9.17) is 5.11 Å². The fraction of sp³-hybridized carbons (Fsp3) is 0.429. The monoisotopic (exact) mass is 292 g/mol. The average molecular weight is 292 g/mol. The highest BCUT2D eigenvalue weighted by molar-refractivity contribution is 6.01. The summed E-state index contributed by atoms with van der Waals surface area (Å²) in [5, 5.41) is 22.4. The van der Waals surface area contributed by atoms with Crippen molar-refractivity contribution in [2.24, 2.45) is 11.8 Å². The van der Waals surface area contributed by atoms with Gasteiger partial charge in [-0.1, -0.05) is 13.3 Å². The number of amides is 1. The van der Waals surface area contributed by atoms with Crippen molar-refractivity contribution >= 4 is 23.3 Å². The topological polar surface area (TPSA) is 110 Å². The number of aromatic carboxylic acids is 1. The third-order valence-electron chi connectivity index (χ3n) is 3.90. The Hall–Kier alpha value is -2.44. The standard InChI is InChI=1S/C14H16N2O5/c1-8-3-2-4-10(8)13(17)15-12-6-5-9(16(20)21)7-11(12)14(18)19/h5-8,10H,2-4H2,1H3,(H,15,17)(H,18,19). The van der Waals surface area contributed by atoms with E-state index in [-0.39, 0.29) is 34.7 Å². The first-order valence-electron chi connectivity index (χ1n) is 6.72. The third-order valence-corrected chi connectivity index (χ3v) is 3.90. The molecule has 0 aliphatic heterocycles. The number of nitro benzene ring substituents is 1. The van der Waals surface area contributed by atoms with Gasteiger partial charge in [-0.3, -0.25) is 14.9 Å². The smallest absolute Gasteiger partial charge is 0.338 e. The summed E-state index contributed by atoms with van der Waals surface area (Å²) in [7, 11) is 0. The van der Waals surface area contributed by atoms with Crippen LogP contribution in [0.1, 0.15) is 36.5 Å². The van der Waals surface area contributed by atoms with Gasteiger partial charge in [-0.2, -0.15) is 0 Å². The van der Waals surface area contributed by atoms with Gasteiger partial charge in [0.25, 0.3) is 5.69 Å². The Labute approximate surface area is 121 Å². The summed E-state index contributed by atoms with van der Waals surface area (Å²) in [6.07, 6.45) is 2.73. The first-order valence-corrected chi connectivity index (χ1v) is 6.72. The Morgan fingerprint density at radius 3 is 2.62 bits per heavy atom. The first-order chi connectivity index (χ1) is 9.90. The number of rotatable bonds is 4. The maximum Gasteiger partial charge on any atom is 0.338 e. The van der Waals surface area contributed by atoms with Gasteiger partial charge < -0.3 is 10.4 Å². The van der Waals surface area contributed by atoms with Crippen LogP contribution < -0.4 is 5.32 Å². The number of nitrogens with zero attached hydrogens (tertiary/aromatic N) is 1. The van der Waals surface area contributed by atoms with E-state index in [2.05, 4.69) is 5.32 Å². The highest BCUT2D eigenvalue weighted by Gasteiger charge is 2.30. The number of carboxylic acids is 1. The van der Waals surface area contributed by atoms with Gasteiger partial charge in [-0.05, 0) is 24.8 Å². The van der Waals surface area contributed by atoms with Crippen LogP contribution in [0.5, 0.6) is 0 Å². The summed E-state index contributed by atoms with van der Waals surface area (Å²) >= 11 is 0. The highest BCUT2D eigenvalue weighted by atomic mass is 16.6. The molecule has 0 saturated heterocycles. The van der Waals surface area contributed by atoms with Crippen LogP contribution in [0.3, 0.4) is 0 Å². The minimum absolute atomic E-state index is 0.0946. The van der Waals surface area contributed by atoms with Crippen LogP contribution in [-0.4, -0.2) is 21.9 Å². The molecule has 0 spiro atoms. The Morgan fingerprint density at radius 1 is 1.38 bits per heavy atom. The zero-order valence-electron chi connectivity index (χ0n) is 11.5. The quantitative estimate of drug-likeness (QED) is 0.655. The molecule has 2 unspecified atom stereocenters. The van der Waals surface area contributed by atoms with Crippen molar-refractivity contribution in [2.75, 3.05) is 5.32 Å². The molecule has 1 aromatic carbocycles. The van der Waals surface area contributed by atoms with Crippen molar-refractivity contribution in [3.8, 4) is 0 Å². The molecule has 2 N–H and O–H groups in total. The SMILES string of the molecule is CC1CCCC1C(=O)Nc1ccc([N+](=O)[O-])cc1C(=O)O. The predicted octanol–water partition coefficient (Wildman–Crippen LogP) is 2.67. The number of benzene rings is 1. The third kappa shape index (κ3) is 3.18. The Bertz CT molecular complexity index is 599. The van der Waals surface area contributed by atoms with Crippen molar-refractivity contribution in [3.05, 3.63) is 33.9 Å². The number of carboxylic acid groups (broad SMARTS) is 1. The lowest BCUT2D eigenvalue weighted by atomic mass is 9.97. The van der Waals surface area contributed by atoms with Crippen LogP contribution in [0.25, 0.3) is 0 Å². The molecular weight excluding hydrogens is 276 g/mol. The van der Waals surface area contributed by atoms with E-state index in [0.717, 1.165) is 25.3 Å². The second-order valence-corrected chi connectivity index (χ2v) is 5.30. The Morgan fingerprint density at radius 2 is 2.10 bits per heavy atom. The molecule has 0 bridgehead atoms. The van der Waals surface area contributed by atoms with Crippen molar-refractivity contribution in [3.63, 3.8) is 0 Å². The van der Waals surface area contributed by atoms with Gasteiger partial charge in [-0.15, -0.1) is 0 Å². The number of carbonyl (C=O) groups is 2. The van der Waals surface area contributed by atoms with Gasteiger partial charge in [0.05, 0.1) is 16.2 Å².